The zero-order valence-corrected chi connectivity index (χ0v) is 15.7. The predicted octanol–water partition coefficient (Wildman–Crippen LogP) is 5.78. The highest BCUT2D eigenvalue weighted by atomic mass is 19.4. The van der Waals surface area contributed by atoms with E-state index in [1.807, 2.05) is 0 Å². The molecule has 3 aromatic rings. The van der Waals surface area contributed by atoms with E-state index < -0.39 is 40.8 Å². The Kier molecular flexibility index (Phi) is 5.36. The minimum absolute atomic E-state index is 0.285. The molecule has 0 saturated carbocycles. The smallest absolute Gasteiger partial charge is 0.322 e. The van der Waals surface area contributed by atoms with Crippen molar-refractivity contribution in [3.05, 3.63) is 76.6 Å². The van der Waals surface area contributed by atoms with Crippen LogP contribution >= 0.6 is 0 Å². The summed E-state index contributed by atoms with van der Waals surface area (Å²) in [6.07, 6.45) is -9.10. The number of carbonyl (C=O) groups is 1. The molecule has 3 rings (SSSR count). The molecule has 0 spiro atoms. The zero-order valence-electron chi connectivity index (χ0n) is 15.7. The molecule has 0 radical (unpaired) electrons. The summed E-state index contributed by atoms with van der Waals surface area (Å²) in [5, 5.41) is 5.96. The van der Waals surface area contributed by atoms with E-state index in [4.69, 9.17) is 0 Å². The number of nitrogens with one attached hydrogen (secondary N) is 1. The fraction of sp³-hybridized carbons (Fsp3) is 0.200. The molecule has 30 heavy (non-hydrogen) atoms. The van der Waals surface area contributed by atoms with Gasteiger partial charge in [0.25, 0.3) is 5.91 Å². The molecule has 0 aliphatic rings. The van der Waals surface area contributed by atoms with Crippen molar-refractivity contribution in [2.75, 3.05) is 5.32 Å². The lowest BCUT2D eigenvalue weighted by atomic mass is 10.1. The SMILES string of the molecule is Cc1ccc(C)c(NC(=O)c2cnn(-c3cccc(C(F)(F)F)c3)c2C(F)(F)F)c1. The molecule has 2 aromatic carbocycles. The number of hydrogen-bond acceptors (Lipinski definition) is 2. The standard InChI is InChI=1S/C20H15F6N3O/c1-11-6-7-12(2)16(8-11)28-18(30)15-10-27-29(17(15)20(24,25)26)14-5-3-4-13(9-14)19(21,22)23/h3-10H,1-2H3,(H,28,30). The average molecular weight is 427 g/mol. The summed E-state index contributed by atoms with van der Waals surface area (Å²) in [4.78, 5) is 12.6. The number of anilines is 1. The lowest BCUT2D eigenvalue weighted by Gasteiger charge is -2.15. The molecule has 0 atom stereocenters. The molecule has 0 unspecified atom stereocenters. The van der Waals surface area contributed by atoms with Gasteiger partial charge in [0.15, 0.2) is 5.69 Å². The maximum atomic E-state index is 13.7. The van der Waals surface area contributed by atoms with Crippen LogP contribution in [0.2, 0.25) is 0 Å². The van der Waals surface area contributed by atoms with Crippen LogP contribution in [0.4, 0.5) is 32.0 Å². The van der Waals surface area contributed by atoms with Crippen LogP contribution in [0.5, 0.6) is 0 Å². The van der Waals surface area contributed by atoms with Gasteiger partial charge in [-0.3, -0.25) is 4.79 Å². The van der Waals surface area contributed by atoms with Gasteiger partial charge in [-0.15, -0.1) is 0 Å². The number of benzene rings is 2. The predicted molar refractivity (Wildman–Crippen MR) is 97.4 cm³/mol. The number of aromatic nitrogens is 2. The van der Waals surface area contributed by atoms with Crippen LogP contribution in [0, 0.1) is 13.8 Å². The second kappa shape index (κ2) is 7.51. The van der Waals surface area contributed by atoms with E-state index in [0.29, 0.717) is 23.5 Å². The second-order valence-corrected chi connectivity index (χ2v) is 6.64. The van der Waals surface area contributed by atoms with Crippen molar-refractivity contribution in [3.8, 4) is 5.69 Å². The van der Waals surface area contributed by atoms with Gasteiger partial charge in [0.05, 0.1) is 23.0 Å². The topological polar surface area (TPSA) is 46.9 Å². The molecular formula is C20H15F6N3O. The Hall–Kier alpha value is -3.30. The maximum Gasteiger partial charge on any atom is 0.434 e. The molecule has 0 saturated heterocycles. The van der Waals surface area contributed by atoms with Crippen LogP contribution in [0.25, 0.3) is 5.69 Å². The molecule has 1 heterocycles. The molecular weight excluding hydrogens is 412 g/mol. The van der Waals surface area contributed by atoms with E-state index >= 15 is 0 Å². The summed E-state index contributed by atoms with van der Waals surface area (Å²) in [7, 11) is 0. The Bertz CT molecular complexity index is 1100. The number of alkyl halides is 6. The molecule has 0 fully saturated rings. The van der Waals surface area contributed by atoms with Crippen molar-refractivity contribution in [2.45, 2.75) is 26.2 Å². The average Bonchev–Trinajstić information content (AvgIpc) is 3.10. The normalized spacial score (nSPS) is 12.1. The van der Waals surface area contributed by atoms with E-state index in [0.717, 1.165) is 23.8 Å². The Balaban J connectivity index is 2.07. The number of nitrogens with zero attached hydrogens (tertiary/aromatic N) is 2. The van der Waals surface area contributed by atoms with Gasteiger partial charge in [0, 0.05) is 5.69 Å². The summed E-state index contributed by atoms with van der Waals surface area (Å²) < 4.78 is 80.4. The number of hydrogen-bond donors (Lipinski definition) is 1. The Labute approximate surface area is 167 Å². The summed E-state index contributed by atoms with van der Waals surface area (Å²) in [6, 6.07) is 8.35. The van der Waals surface area contributed by atoms with E-state index in [1.54, 1.807) is 32.0 Å². The lowest BCUT2D eigenvalue weighted by molar-refractivity contribution is -0.143. The number of carbonyl (C=O) groups excluding carboxylic acids is 1. The van der Waals surface area contributed by atoms with Gasteiger partial charge in [0.2, 0.25) is 0 Å². The molecule has 158 valence electrons. The van der Waals surface area contributed by atoms with Crippen LogP contribution < -0.4 is 5.32 Å². The summed E-state index contributed by atoms with van der Waals surface area (Å²) in [5.74, 6) is -1.07. The fourth-order valence-electron chi connectivity index (χ4n) is 2.86. The number of halogens is 6. The molecule has 1 aromatic heterocycles. The fourth-order valence-corrected chi connectivity index (χ4v) is 2.86. The first-order valence-electron chi connectivity index (χ1n) is 8.59. The Morgan fingerprint density at radius 3 is 2.30 bits per heavy atom. The lowest BCUT2D eigenvalue weighted by Crippen LogP contribution is -2.21. The van der Waals surface area contributed by atoms with Crippen molar-refractivity contribution in [2.24, 2.45) is 0 Å². The summed E-state index contributed by atoms with van der Waals surface area (Å²) in [5.41, 5.74) is -2.14. The molecule has 4 nitrogen and oxygen atoms in total. The summed E-state index contributed by atoms with van der Waals surface area (Å²) >= 11 is 0. The largest absolute Gasteiger partial charge is 0.434 e. The molecule has 1 amide bonds. The first kappa shape index (κ1) is 21.4. The Morgan fingerprint density at radius 2 is 1.67 bits per heavy atom. The number of rotatable bonds is 3. The Morgan fingerprint density at radius 1 is 0.967 bits per heavy atom. The monoisotopic (exact) mass is 427 g/mol. The third-order valence-corrected chi connectivity index (χ3v) is 4.34. The van der Waals surface area contributed by atoms with Crippen LogP contribution in [0.15, 0.2) is 48.7 Å². The third kappa shape index (κ3) is 4.32. The van der Waals surface area contributed by atoms with Gasteiger partial charge in [-0.25, -0.2) is 4.68 Å². The van der Waals surface area contributed by atoms with E-state index in [1.165, 1.54) is 0 Å². The van der Waals surface area contributed by atoms with E-state index in [-0.39, 0.29) is 4.68 Å². The van der Waals surface area contributed by atoms with Crippen molar-refractivity contribution < 1.29 is 31.1 Å². The van der Waals surface area contributed by atoms with Crippen molar-refractivity contribution in [1.29, 1.82) is 0 Å². The first-order chi connectivity index (χ1) is 13.9. The second-order valence-electron chi connectivity index (χ2n) is 6.64. The first-order valence-corrected chi connectivity index (χ1v) is 8.59. The maximum absolute atomic E-state index is 13.7. The van der Waals surface area contributed by atoms with Crippen molar-refractivity contribution >= 4 is 11.6 Å². The van der Waals surface area contributed by atoms with E-state index in [9.17, 15) is 31.1 Å². The van der Waals surface area contributed by atoms with Gasteiger partial charge < -0.3 is 5.32 Å². The van der Waals surface area contributed by atoms with Gasteiger partial charge in [0.1, 0.15) is 0 Å². The van der Waals surface area contributed by atoms with Crippen LogP contribution in [-0.2, 0) is 12.4 Å². The van der Waals surface area contributed by atoms with Gasteiger partial charge in [-0.2, -0.15) is 31.4 Å². The molecule has 0 bridgehead atoms. The van der Waals surface area contributed by atoms with Crippen LogP contribution in [-0.4, -0.2) is 15.7 Å². The van der Waals surface area contributed by atoms with Crippen LogP contribution in [0.1, 0.15) is 32.7 Å². The van der Waals surface area contributed by atoms with Gasteiger partial charge in [-0.05, 0) is 49.2 Å². The van der Waals surface area contributed by atoms with Crippen molar-refractivity contribution in [1.82, 2.24) is 9.78 Å². The zero-order chi connectivity index (χ0) is 22.3. The number of aryl methyl sites for hydroxylation is 2. The van der Waals surface area contributed by atoms with Gasteiger partial charge >= 0.3 is 12.4 Å². The number of amides is 1. The molecule has 1 N–H and O–H groups in total. The minimum atomic E-state index is -5.04. The molecule has 10 heteroatoms. The van der Waals surface area contributed by atoms with Crippen molar-refractivity contribution in [3.63, 3.8) is 0 Å². The third-order valence-electron chi connectivity index (χ3n) is 4.34. The highest BCUT2D eigenvalue weighted by Crippen LogP contribution is 2.36. The minimum Gasteiger partial charge on any atom is -0.322 e. The molecule has 0 aliphatic heterocycles. The quantitative estimate of drug-likeness (QED) is 0.539. The molecule has 0 aliphatic carbocycles. The van der Waals surface area contributed by atoms with Gasteiger partial charge in [-0.1, -0.05) is 18.2 Å². The highest BCUT2D eigenvalue weighted by molar-refractivity contribution is 6.05. The van der Waals surface area contributed by atoms with Crippen LogP contribution in [0.3, 0.4) is 0 Å². The highest BCUT2D eigenvalue weighted by Gasteiger charge is 2.41. The van der Waals surface area contributed by atoms with E-state index in [2.05, 4.69) is 10.4 Å². The summed E-state index contributed by atoms with van der Waals surface area (Å²) in [6.45, 7) is 3.42.